The molecule has 8 heteroatoms. The number of amides is 1. The second-order valence-corrected chi connectivity index (χ2v) is 7.54. The number of nitrogens with one attached hydrogen (secondary N) is 2. The van der Waals surface area contributed by atoms with E-state index in [0.717, 1.165) is 44.0 Å². The number of likely N-dealkylation sites (N-methyl/N-ethyl adjacent to an activating group) is 1. The first-order valence-electron chi connectivity index (χ1n) is 10.2. The molecular formula is C21H34FN5O2. The number of piperidine rings is 1. The maximum Gasteiger partial charge on any atom is 0.236 e. The van der Waals surface area contributed by atoms with Crippen LogP contribution in [-0.2, 0) is 22.7 Å². The summed E-state index contributed by atoms with van der Waals surface area (Å²) in [5, 5.41) is 6.77. The van der Waals surface area contributed by atoms with Gasteiger partial charge in [-0.15, -0.1) is 0 Å². The van der Waals surface area contributed by atoms with Crippen molar-refractivity contribution in [2.45, 2.75) is 39.0 Å². The molecule has 0 aliphatic carbocycles. The minimum atomic E-state index is -0.260. The molecule has 7 nitrogen and oxygen atoms in total. The molecule has 29 heavy (non-hydrogen) atoms. The molecule has 2 rings (SSSR count). The van der Waals surface area contributed by atoms with Gasteiger partial charge in [-0.1, -0.05) is 6.07 Å². The Balaban J connectivity index is 1.90. The standard InChI is InChI=1S/C21H34FN5O2/c1-5-23-21(24-13-16-6-7-19(22)17(12-16)15-29-4)25-18-8-10-27(11-9-18)14-20(28)26(2)3/h6-7,12,18H,5,8-11,13-15H2,1-4H3,(H2,23,24,25). The molecule has 162 valence electrons. The lowest BCUT2D eigenvalue weighted by Crippen LogP contribution is -2.50. The number of hydrogen-bond acceptors (Lipinski definition) is 4. The second kappa shape index (κ2) is 11.7. The number of likely N-dealkylation sites (tertiary alicyclic amines) is 1. The molecule has 2 N–H and O–H groups in total. The van der Waals surface area contributed by atoms with E-state index in [9.17, 15) is 9.18 Å². The van der Waals surface area contributed by atoms with Crippen LogP contribution in [0.3, 0.4) is 0 Å². The second-order valence-electron chi connectivity index (χ2n) is 7.54. The summed E-state index contributed by atoms with van der Waals surface area (Å²) in [7, 11) is 5.13. The number of hydrogen-bond donors (Lipinski definition) is 2. The van der Waals surface area contributed by atoms with Crippen molar-refractivity contribution in [3.05, 3.63) is 35.1 Å². The van der Waals surface area contributed by atoms with Crippen LogP contribution in [0.5, 0.6) is 0 Å². The number of nitrogens with zero attached hydrogens (tertiary/aromatic N) is 3. The predicted molar refractivity (Wildman–Crippen MR) is 113 cm³/mol. The van der Waals surface area contributed by atoms with Gasteiger partial charge in [0.15, 0.2) is 5.96 Å². The third-order valence-corrected chi connectivity index (χ3v) is 4.96. The fourth-order valence-corrected chi connectivity index (χ4v) is 3.24. The fourth-order valence-electron chi connectivity index (χ4n) is 3.24. The van der Waals surface area contributed by atoms with Crippen LogP contribution in [0.4, 0.5) is 4.39 Å². The third-order valence-electron chi connectivity index (χ3n) is 4.96. The monoisotopic (exact) mass is 407 g/mol. The summed E-state index contributed by atoms with van der Waals surface area (Å²) < 4.78 is 18.8. The Bertz CT molecular complexity index is 688. The molecule has 0 spiro atoms. The topological polar surface area (TPSA) is 69.2 Å². The van der Waals surface area contributed by atoms with Crippen LogP contribution in [0.1, 0.15) is 30.9 Å². The predicted octanol–water partition coefficient (Wildman–Crippen LogP) is 1.58. The van der Waals surface area contributed by atoms with Crippen LogP contribution in [0.25, 0.3) is 0 Å². The Morgan fingerprint density at radius 3 is 2.69 bits per heavy atom. The summed E-state index contributed by atoms with van der Waals surface area (Å²) >= 11 is 0. The molecular weight excluding hydrogens is 373 g/mol. The molecule has 1 saturated heterocycles. The molecule has 1 aliphatic heterocycles. The van der Waals surface area contributed by atoms with Crippen LogP contribution < -0.4 is 10.6 Å². The smallest absolute Gasteiger partial charge is 0.236 e. The van der Waals surface area contributed by atoms with Crippen molar-refractivity contribution >= 4 is 11.9 Å². The van der Waals surface area contributed by atoms with Crippen molar-refractivity contribution in [1.29, 1.82) is 0 Å². The van der Waals surface area contributed by atoms with E-state index in [0.29, 0.717) is 24.7 Å². The van der Waals surface area contributed by atoms with E-state index in [1.54, 1.807) is 38.2 Å². The van der Waals surface area contributed by atoms with Crippen molar-refractivity contribution in [2.75, 3.05) is 47.4 Å². The summed E-state index contributed by atoms with van der Waals surface area (Å²) in [5.41, 5.74) is 1.48. The summed E-state index contributed by atoms with van der Waals surface area (Å²) in [6.45, 7) is 5.74. The maximum atomic E-state index is 13.8. The van der Waals surface area contributed by atoms with E-state index < -0.39 is 0 Å². The van der Waals surface area contributed by atoms with Gasteiger partial charge in [0.05, 0.1) is 19.7 Å². The van der Waals surface area contributed by atoms with Crippen LogP contribution in [0.2, 0.25) is 0 Å². The zero-order valence-corrected chi connectivity index (χ0v) is 18.0. The lowest BCUT2D eigenvalue weighted by atomic mass is 10.1. The van der Waals surface area contributed by atoms with Crippen LogP contribution in [-0.4, -0.2) is 75.1 Å². The highest BCUT2D eigenvalue weighted by atomic mass is 19.1. The van der Waals surface area contributed by atoms with E-state index in [-0.39, 0.29) is 18.3 Å². The number of methoxy groups -OCH3 is 1. The normalized spacial score (nSPS) is 16.0. The van der Waals surface area contributed by atoms with Crippen molar-refractivity contribution in [3.8, 4) is 0 Å². The van der Waals surface area contributed by atoms with E-state index >= 15 is 0 Å². The highest BCUT2D eigenvalue weighted by Gasteiger charge is 2.22. The molecule has 0 aromatic heterocycles. The molecule has 0 atom stereocenters. The summed E-state index contributed by atoms with van der Waals surface area (Å²) in [4.78, 5) is 20.4. The Hall–Kier alpha value is -2.19. The van der Waals surface area contributed by atoms with Crippen LogP contribution in [0.15, 0.2) is 23.2 Å². The number of halogens is 1. The molecule has 1 aromatic rings. The minimum absolute atomic E-state index is 0.137. The Morgan fingerprint density at radius 2 is 2.07 bits per heavy atom. The highest BCUT2D eigenvalue weighted by Crippen LogP contribution is 2.13. The highest BCUT2D eigenvalue weighted by molar-refractivity contribution is 5.80. The summed E-state index contributed by atoms with van der Waals surface area (Å²) in [6, 6.07) is 5.33. The van der Waals surface area contributed by atoms with Crippen molar-refractivity contribution in [2.24, 2.45) is 4.99 Å². The first-order chi connectivity index (χ1) is 13.9. The van der Waals surface area contributed by atoms with E-state index in [4.69, 9.17) is 4.74 Å². The van der Waals surface area contributed by atoms with Crippen molar-refractivity contribution in [1.82, 2.24) is 20.4 Å². The number of benzene rings is 1. The first kappa shape index (κ1) is 23.1. The summed E-state index contributed by atoms with van der Waals surface area (Å²) in [5.74, 6) is 0.635. The third kappa shape index (κ3) is 7.62. The number of carbonyl (C=O) groups is 1. The number of ether oxygens (including phenoxy) is 1. The van der Waals surface area contributed by atoms with Crippen LogP contribution in [0, 0.1) is 5.82 Å². The molecule has 0 unspecified atom stereocenters. The molecule has 1 fully saturated rings. The van der Waals surface area contributed by atoms with Crippen LogP contribution >= 0.6 is 0 Å². The number of aliphatic imine (C=N–C) groups is 1. The van der Waals surface area contributed by atoms with E-state index in [1.165, 1.54) is 6.07 Å². The Kier molecular flexibility index (Phi) is 9.34. The quantitative estimate of drug-likeness (QED) is 0.506. The Morgan fingerprint density at radius 1 is 1.34 bits per heavy atom. The van der Waals surface area contributed by atoms with Gasteiger partial charge in [0.2, 0.25) is 5.91 Å². The average molecular weight is 408 g/mol. The van der Waals surface area contributed by atoms with Gasteiger partial charge in [0, 0.05) is 52.4 Å². The van der Waals surface area contributed by atoms with Gasteiger partial charge in [0.1, 0.15) is 5.82 Å². The zero-order valence-electron chi connectivity index (χ0n) is 18.0. The van der Waals surface area contributed by atoms with Gasteiger partial charge in [-0.3, -0.25) is 9.69 Å². The number of rotatable bonds is 8. The molecule has 1 heterocycles. The summed E-state index contributed by atoms with van der Waals surface area (Å²) in [6.07, 6.45) is 1.92. The van der Waals surface area contributed by atoms with Gasteiger partial charge in [-0.05, 0) is 37.5 Å². The first-order valence-corrected chi connectivity index (χ1v) is 10.2. The van der Waals surface area contributed by atoms with Gasteiger partial charge in [0.25, 0.3) is 0 Å². The molecule has 0 saturated carbocycles. The molecule has 1 amide bonds. The van der Waals surface area contributed by atoms with E-state index in [1.807, 2.05) is 6.92 Å². The van der Waals surface area contributed by atoms with Gasteiger partial charge in [-0.25, -0.2) is 9.38 Å². The fraction of sp³-hybridized carbons (Fsp3) is 0.619. The number of carbonyl (C=O) groups excluding carboxylic acids is 1. The maximum absolute atomic E-state index is 13.8. The SMILES string of the molecule is CCNC(=NCc1ccc(F)c(COC)c1)NC1CCN(CC(=O)N(C)C)CC1. The number of guanidine groups is 1. The molecule has 0 bridgehead atoms. The lowest BCUT2D eigenvalue weighted by Gasteiger charge is -2.33. The van der Waals surface area contributed by atoms with Crippen molar-refractivity contribution in [3.63, 3.8) is 0 Å². The van der Waals surface area contributed by atoms with E-state index in [2.05, 4.69) is 20.5 Å². The van der Waals surface area contributed by atoms with Gasteiger partial charge < -0.3 is 20.3 Å². The molecule has 1 aliphatic rings. The minimum Gasteiger partial charge on any atom is -0.380 e. The Labute approximate surface area is 173 Å². The lowest BCUT2D eigenvalue weighted by molar-refractivity contribution is -0.130. The van der Waals surface area contributed by atoms with Gasteiger partial charge in [-0.2, -0.15) is 0 Å². The molecule has 1 aromatic carbocycles. The molecule has 0 radical (unpaired) electrons. The average Bonchev–Trinajstić information content (AvgIpc) is 2.70. The van der Waals surface area contributed by atoms with Gasteiger partial charge >= 0.3 is 0 Å². The zero-order chi connectivity index (χ0) is 21.2. The van der Waals surface area contributed by atoms with Crippen molar-refractivity contribution < 1.29 is 13.9 Å². The largest absolute Gasteiger partial charge is 0.380 e.